The number of Topliss-reactive ketones (excluding diaryl/α,β-unsaturated/α-hetero) is 2. The average Bonchev–Trinajstić information content (AvgIpc) is 2.78. The van der Waals surface area contributed by atoms with E-state index in [2.05, 4.69) is 0 Å². The van der Waals surface area contributed by atoms with E-state index in [0.717, 1.165) is 22.3 Å². The van der Waals surface area contributed by atoms with Crippen LogP contribution >= 0.6 is 0 Å². The molecular formula is C27H25NO7. The van der Waals surface area contributed by atoms with E-state index in [1.807, 2.05) is 32.0 Å². The summed E-state index contributed by atoms with van der Waals surface area (Å²) >= 11 is 0. The van der Waals surface area contributed by atoms with Crippen LogP contribution in [0.2, 0.25) is 0 Å². The van der Waals surface area contributed by atoms with Gasteiger partial charge in [-0.15, -0.1) is 0 Å². The van der Waals surface area contributed by atoms with Crippen molar-refractivity contribution in [3.05, 3.63) is 69.5 Å². The van der Waals surface area contributed by atoms with Gasteiger partial charge in [0.05, 0.1) is 5.56 Å². The fourth-order valence-electron chi connectivity index (χ4n) is 5.80. The first-order valence-electron chi connectivity index (χ1n) is 11.4. The lowest BCUT2D eigenvalue weighted by atomic mass is 9.59. The zero-order chi connectivity index (χ0) is 25.4. The molecule has 35 heavy (non-hydrogen) atoms. The molecule has 180 valence electrons. The van der Waals surface area contributed by atoms with Crippen LogP contribution in [0.4, 0.5) is 0 Å². The molecule has 0 bridgehead atoms. The van der Waals surface area contributed by atoms with Gasteiger partial charge in [0.1, 0.15) is 22.8 Å². The molecule has 6 N–H and O–H groups in total. The van der Waals surface area contributed by atoms with Crippen LogP contribution in [-0.2, 0) is 20.8 Å². The summed E-state index contributed by atoms with van der Waals surface area (Å²) in [6.45, 7) is 3.99. The van der Waals surface area contributed by atoms with Gasteiger partial charge < -0.3 is 26.2 Å². The van der Waals surface area contributed by atoms with Gasteiger partial charge in [0, 0.05) is 17.9 Å². The third-order valence-corrected chi connectivity index (χ3v) is 7.77. The first-order valence-corrected chi connectivity index (χ1v) is 11.4. The van der Waals surface area contributed by atoms with Crippen molar-refractivity contribution in [1.29, 1.82) is 0 Å². The molecule has 0 saturated heterocycles. The molecule has 2 aromatic carbocycles. The van der Waals surface area contributed by atoms with Crippen LogP contribution in [0.5, 0.6) is 5.75 Å². The molecule has 8 nitrogen and oxygen atoms in total. The highest BCUT2D eigenvalue weighted by Gasteiger charge is 2.60. The lowest BCUT2D eigenvalue weighted by molar-refractivity contribution is -0.147. The Morgan fingerprint density at radius 3 is 2.40 bits per heavy atom. The van der Waals surface area contributed by atoms with Gasteiger partial charge in [0.25, 0.3) is 5.91 Å². The van der Waals surface area contributed by atoms with E-state index in [4.69, 9.17) is 5.73 Å². The van der Waals surface area contributed by atoms with E-state index >= 15 is 0 Å². The maximum Gasteiger partial charge on any atom is 0.255 e. The molecule has 2 aromatic rings. The quantitative estimate of drug-likeness (QED) is 0.418. The third-order valence-electron chi connectivity index (χ3n) is 7.77. The van der Waals surface area contributed by atoms with Crippen LogP contribution in [0, 0.1) is 25.7 Å². The molecule has 1 fully saturated rings. The smallest absolute Gasteiger partial charge is 0.255 e. The Bertz CT molecular complexity index is 1420. The number of carbonyl (C=O) groups is 3. The van der Waals surface area contributed by atoms with Gasteiger partial charge in [-0.3, -0.25) is 14.4 Å². The van der Waals surface area contributed by atoms with Gasteiger partial charge in [-0.05, 0) is 66.5 Å². The molecule has 0 aromatic heterocycles. The van der Waals surface area contributed by atoms with Crippen LogP contribution in [0.3, 0.4) is 0 Å². The Morgan fingerprint density at radius 1 is 1.03 bits per heavy atom. The van der Waals surface area contributed by atoms with Crippen molar-refractivity contribution < 1.29 is 34.8 Å². The molecule has 3 atom stereocenters. The van der Waals surface area contributed by atoms with Gasteiger partial charge in [-0.25, -0.2) is 0 Å². The van der Waals surface area contributed by atoms with Gasteiger partial charge in [-0.1, -0.05) is 24.3 Å². The number of phenols is 1. The number of primary amides is 1. The number of amides is 1. The first kappa shape index (κ1) is 22.9. The number of nitrogens with two attached hydrogens (primary N) is 1. The Hall–Kier alpha value is -3.91. The average molecular weight is 475 g/mol. The molecule has 8 heteroatoms. The van der Waals surface area contributed by atoms with Crippen molar-refractivity contribution in [3.8, 4) is 16.9 Å². The normalized spacial score (nSPS) is 25.8. The zero-order valence-electron chi connectivity index (χ0n) is 19.3. The van der Waals surface area contributed by atoms with Crippen molar-refractivity contribution in [2.45, 2.75) is 38.7 Å². The summed E-state index contributed by atoms with van der Waals surface area (Å²) in [5.74, 6) is -6.32. The highest BCUT2D eigenvalue weighted by Crippen LogP contribution is 2.53. The Kier molecular flexibility index (Phi) is 4.93. The summed E-state index contributed by atoms with van der Waals surface area (Å²) in [6, 6.07) is 9.14. The molecule has 3 aliphatic carbocycles. The molecule has 3 aliphatic rings. The summed E-state index contributed by atoms with van der Waals surface area (Å²) in [4.78, 5) is 37.8. The molecule has 1 saturated carbocycles. The van der Waals surface area contributed by atoms with Crippen LogP contribution < -0.4 is 5.73 Å². The molecule has 5 rings (SSSR count). The Balaban J connectivity index is 1.71. The fraction of sp³-hybridized carbons (Fsp3) is 0.296. The number of rotatable bonds is 2. The maximum absolute atomic E-state index is 13.6. The maximum atomic E-state index is 13.6. The Labute approximate surface area is 201 Å². The summed E-state index contributed by atoms with van der Waals surface area (Å²) in [5, 5.41) is 43.8. The number of phenolic OH excluding ortho intramolecular Hbond substituents is 1. The van der Waals surface area contributed by atoms with E-state index in [9.17, 15) is 34.8 Å². The third kappa shape index (κ3) is 3.06. The minimum Gasteiger partial charge on any atom is -0.508 e. The number of aliphatic hydroxyl groups excluding tert-OH is 2. The van der Waals surface area contributed by atoms with Crippen LogP contribution in [0.15, 0.2) is 47.2 Å². The van der Waals surface area contributed by atoms with E-state index in [1.54, 1.807) is 6.07 Å². The summed E-state index contributed by atoms with van der Waals surface area (Å²) in [6.07, 6.45) is 0.0298. The number of fused-ring (bicyclic) bond motifs is 3. The number of ketones is 2. The largest absolute Gasteiger partial charge is 0.508 e. The highest BCUT2D eigenvalue weighted by molar-refractivity contribution is 6.22. The highest BCUT2D eigenvalue weighted by atomic mass is 16.3. The van der Waals surface area contributed by atoms with Crippen LogP contribution in [-0.4, -0.2) is 43.5 Å². The number of benzene rings is 2. The lowest BCUT2D eigenvalue weighted by Gasteiger charge is -2.46. The van der Waals surface area contributed by atoms with Crippen molar-refractivity contribution in [2.75, 3.05) is 0 Å². The summed E-state index contributed by atoms with van der Waals surface area (Å²) in [7, 11) is 0. The Morgan fingerprint density at radius 2 is 1.74 bits per heavy atom. The molecule has 0 unspecified atom stereocenters. The van der Waals surface area contributed by atoms with Crippen molar-refractivity contribution in [2.24, 2.45) is 17.6 Å². The first-order chi connectivity index (χ1) is 16.5. The standard InChI is InChI=1S/C27H25NO7/c1-11-3-4-13(7-12(11)2)16-5-6-18(29)21-17(16)9-14-8-15-10-19(30)22(26(28)34)25(33)27(15,35)24(32)20(14)23(21)31/h3-7,14-15,29,31,33,35H,8-10H2,1-2H3,(H2,28,34)/t14-,15+,27+/m1/s1. The van der Waals surface area contributed by atoms with E-state index in [1.165, 1.54) is 6.07 Å². The minimum atomic E-state index is -2.56. The van der Waals surface area contributed by atoms with Gasteiger partial charge in [0.15, 0.2) is 11.4 Å². The fourth-order valence-corrected chi connectivity index (χ4v) is 5.80. The number of carbonyl (C=O) groups excluding carboxylic acids is 3. The monoisotopic (exact) mass is 475 g/mol. The van der Waals surface area contributed by atoms with Crippen LogP contribution in [0.1, 0.15) is 35.1 Å². The van der Waals surface area contributed by atoms with E-state index in [0.29, 0.717) is 5.56 Å². The molecule has 0 heterocycles. The second-order valence-corrected chi connectivity index (χ2v) is 9.69. The minimum absolute atomic E-state index is 0.0906. The van der Waals surface area contributed by atoms with E-state index in [-0.39, 0.29) is 36.1 Å². The lowest BCUT2D eigenvalue weighted by Crippen LogP contribution is -2.58. The van der Waals surface area contributed by atoms with Gasteiger partial charge in [-0.2, -0.15) is 0 Å². The summed E-state index contributed by atoms with van der Waals surface area (Å²) < 4.78 is 0. The number of aliphatic hydroxyl groups is 3. The molecule has 0 aliphatic heterocycles. The number of hydrogen-bond acceptors (Lipinski definition) is 7. The van der Waals surface area contributed by atoms with Crippen molar-refractivity contribution in [1.82, 2.24) is 0 Å². The zero-order valence-corrected chi connectivity index (χ0v) is 19.3. The molecule has 0 radical (unpaired) electrons. The second kappa shape index (κ2) is 7.55. The summed E-state index contributed by atoms with van der Waals surface area (Å²) in [5.41, 5.74) is 6.32. The van der Waals surface area contributed by atoms with E-state index < -0.39 is 52.0 Å². The molecular weight excluding hydrogens is 450 g/mol. The molecule has 1 amide bonds. The second-order valence-electron chi connectivity index (χ2n) is 9.69. The molecule has 0 spiro atoms. The van der Waals surface area contributed by atoms with Crippen molar-refractivity contribution in [3.63, 3.8) is 0 Å². The predicted octanol–water partition coefficient (Wildman–Crippen LogP) is 2.71. The van der Waals surface area contributed by atoms with Gasteiger partial charge in [0.2, 0.25) is 5.78 Å². The predicted molar refractivity (Wildman–Crippen MR) is 126 cm³/mol. The van der Waals surface area contributed by atoms with Crippen molar-refractivity contribution >= 4 is 23.2 Å². The SMILES string of the molecule is Cc1ccc(-c2ccc(O)c3c2C[C@H]2C[C@H]4CC(=O)C(C(N)=O)=C(O)[C@@]4(O)C(=O)C2=C3O)cc1C. The van der Waals surface area contributed by atoms with Crippen LogP contribution in [0.25, 0.3) is 16.9 Å². The number of hydrogen-bond donors (Lipinski definition) is 5. The van der Waals surface area contributed by atoms with Gasteiger partial charge >= 0.3 is 0 Å². The topological polar surface area (TPSA) is 158 Å². The number of aryl methyl sites for hydroxylation is 2. The number of aromatic hydroxyl groups is 1.